The van der Waals surface area contributed by atoms with E-state index < -0.39 is 0 Å². The number of methoxy groups -OCH3 is 3. The van der Waals surface area contributed by atoms with Gasteiger partial charge in [-0.05, 0) is 46.9 Å². The van der Waals surface area contributed by atoms with E-state index in [1.807, 2.05) is 12.1 Å². The highest BCUT2D eigenvalue weighted by atomic mass is 127. The van der Waals surface area contributed by atoms with Crippen LogP contribution in [0.4, 0.5) is 0 Å². The molecule has 0 saturated carbocycles. The van der Waals surface area contributed by atoms with Gasteiger partial charge in [0.25, 0.3) is 5.91 Å². The number of rotatable bonds is 6. The molecule has 25 heavy (non-hydrogen) atoms. The van der Waals surface area contributed by atoms with Gasteiger partial charge in [-0.3, -0.25) is 4.79 Å². The van der Waals surface area contributed by atoms with Crippen LogP contribution >= 0.6 is 34.2 Å². The fourth-order valence-electron chi connectivity index (χ4n) is 2.38. The smallest absolute Gasteiger partial charge is 0.257 e. The van der Waals surface area contributed by atoms with E-state index in [0.29, 0.717) is 34.4 Å². The zero-order valence-electron chi connectivity index (χ0n) is 14.4. The quantitative estimate of drug-likeness (QED) is 0.587. The van der Waals surface area contributed by atoms with E-state index in [2.05, 4.69) is 22.6 Å². The molecule has 0 unspecified atom stereocenters. The Morgan fingerprint density at radius 2 is 1.76 bits per heavy atom. The van der Waals surface area contributed by atoms with Crippen molar-refractivity contribution >= 4 is 40.1 Å². The van der Waals surface area contributed by atoms with Crippen LogP contribution in [-0.2, 0) is 6.54 Å². The van der Waals surface area contributed by atoms with Gasteiger partial charge in [0.05, 0.1) is 31.9 Å². The van der Waals surface area contributed by atoms with Gasteiger partial charge < -0.3 is 19.1 Å². The summed E-state index contributed by atoms with van der Waals surface area (Å²) in [7, 11) is 6.43. The van der Waals surface area contributed by atoms with Gasteiger partial charge >= 0.3 is 0 Å². The number of carbonyl (C=O) groups is 1. The maximum absolute atomic E-state index is 12.8. The summed E-state index contributed by atoms with van der Waals surface area (Å²) < 4.78 is 16.7. The highest BCUT2D eigenvalue weighted by molar-refractivity contribution is 14.1. The van der Waals surface area contributed by atoms with Gasteiger partial charge in [-0.25, -0.2) is 0 Å². The molecule has 7 heteroatoms. The van der Waals surface area contributed by atoms with Gasteiger partial charge in [0.1, 0.15) is 17.2 Å². The Labute approximate surface area is 166 Å². The van der Waals surface area contributed by atoms with Crippen LogP contribution in [0.25, 0.3) is 0 Å². The molecule has 5 nitrogen and oxygen atoms in total. The van der Waals surface area contributed by atoms with E-state index in [0.717, 1.165) is 9.13 Å². The lowest BCUT2D eigenvalue weighted by atomic mass is 10.1. The molecule has 0 radical (unpaired) electrons. The van der Waals surface area contributed by atoms with Gasteiger partial charge in [0, 0.05) is 28.8 Å². The SMILES string of the molecule is COc1ccc(CN(C)C(=O)c2cc(Cl)c(I)cc2OC)c(OC)c1. The molecule has 0 aliphatic carbocycles. The van der Waals surface area contributed by atoms with Crippen molar-refractivity contribution in [1.82, 2.24) is 4.90 Å². The second-order valence-electron chi connectivity index (χ2n) is 5.31. The maximum atomic E-state index is 12.8. The third kappa shape index (κ3) is 4.49. The average Bonchev–Trinajstić information content (AvgIpc) is 2.63. The highest BCUT2D eigenvalue weighted by Gasteiger charge is 2.20. The predicted molar refractivity (Wildman–Crippen MR) is 106 cm³/mol. The van der Waals surface area contributed by atoms with Crippen LogP contribution in [0.1, 0.15) is 15.9 Å². The lowest BCUT2D eigenvalue weighted by molar-refractivity contribution is 0.0781. The van der Waals surface area contributed by atoms with Crippen molar-refractivity contribution in [3.8, 4) is 17.2 Å². The Balaban J connectivity index is 2.28. The number of hydrogen-bond acceptors (Lipinski definition) is 4. The Bertz CT molecular complexity index is 782. The topological polar surface area (TPSA) is 48.0 Å². The summed E-state index contributed by atoms with van der Waals surface area (Å²) in [5.41, 5.74) is 1.29. The van der Waals surface area contributed by atoms with E-state index in [9.17, 15) is 4.79 Å². The molecule has 134 valence electrons. The Morgan fingerprint density at radius 3 is 2.36 bits per heavy atom. The fourth-order valence-corrected chi connectivity index (χ4v) is 2.98. The summed E-state index contributed by atoms with van der Waals surface area (Å²) in [6.45, 7) is 0.374. The number of carbonyl (C=O) groups excluding carboxylic acids is 1. The molecule has 0 saturated heterocycles. The van der Waals surface area contributed by atoms with Crippen molar-refractivity contribution in [3.63, 3.8) is 0 Å². The Hall–Kier alpha value is -1.67. The summed E-state index contributed by atoms with van der Waals surface area (Å²) in [5, 5.41) is 0.514. The van der Waals surface area contributed by atoms with Gasteiger partial charge in [0.2, 0.25) is 0 Å². The Kier molecular flexibility index (Phi) is 6.78. The number of amides is 1. The van der Waals surface area contributed by atoms with Crippen LogP contribution in [0.5, 0.6) is 17.2 Å². The first-order chi connectivity index (χ1) is 11.9. The zero-order valence-corrected chi connectivity index (χ0v) is 17.3. The van der Waals surface area contributed by atoms with Gasteiger partial charge in [0.15, 0.2) is 0 Å². The van der Waals surface area contributed by atoms with Crippen LogP contribution < -0.4 is 14.2 Å². The van der Waals surface area contributed by atoms with E-state index in [4.69, 9.17) is 25.8 Å². The summed E-state index contributed by atoms with van der Waals surface area (Å²) in [4.78, 5) is 14.4. The molecule has 2 aromatic rings. The van der Waals surface area contributed by atoms with Crippen LogP contribution in [0, 0.1) is 3.57 Å². The fraction of sp³-hybridized carbons (Fsp3) is 0.278. The van der Waals surface area contributed by atoms with Crippen molar-refractivity contribution in [2.75, 3.05) is 28.4 Å². The first-order valence-electron chi connectivity index (χ1n) is 7.40. The average molecular weight is 476 g/mol. The van der Waals surface area contributed by atoms with Gasteiger partial charge in [-0.2, -0.15) is 0 Å². The molecule has 0 aliphatic heterocycles. The number of nitrogens with zero attached hydrogens (tertiary/aromatic N) is 1. The molecule has 0 aliphatic rings. The minimum atomic E-state index is -0.187. The van der Waals surface area contributed by atoms with Crippen molar-refractivity contribution in [2.45, 2.75) is 6.54 Å². The first kappa shape index (κ1) is 19.7. The normalized spacial score (nSPS) is 10.3. The molecule has 2 aromatic carbocycles. The number of ether oxygens (including phenoxy) is 3. The lowest BCUT2D eigenvalue weighted by Crippen LogP contribution is -2.27. The first-order valence-corrected chi connectivity index (χ1v) is 8.86. The number of halogens is 2. The van der Waals surface area contributed by atoms with Gasteiger partial charge in [-0.1, -0.05) is 11.6 Å². The molecule has 0 atom stereocenters. The standard InChI is InChI=1S/C18H19ClINO4/c1-21(10-11-5-6-12(23-2)7-16(11)24-3)18(22)13-8-14(19)15(20)9-17(13)25-4/h5-9H,10H2,1-4H3. The predicted octanol–water partition coefficient (Wildman–Crippen LogP) is 4.24. The summed E-state index contributed by atoms with van der Waals surface area (Å²) in [6.07, 6.45) is 0. The van der Waals surface area contributed by atoms with Crippen LogP contribution in [-0.4, -0.2) is 39.2 Å². The third-order valence-corrected chi connectivity index (χ3v) is 5.25. The molecule has 0 bridgehead atoms. The molecule has 0 aromatic heterocycles. The van der Waals surface area contributed by atoms with Crippen molar-refractivity contribution in [3.05, 3.63) is 50.1 Å². The van der Waals surface area contributed by atoms with Crippen molar-refractivity contribution < 1.29 is 19.0 Å². The molecular formula is C18H19ClINO4. The van der Waals surface area contributed by atoms with Crippen LogP contribution in [0.3, 0.4) is 0 Å². The van der Waals surface area contributed by atoms with Crippen LogP contribution in [0.2, 0.25) is 5.02 Å². The monoisotopic (exact) mass is 475 g/mol. The second kappa shape index (κ2) is 8.62. The molecule has 0 fully saturated rings. The highest BCUT2D eigenvalue weighted by Crippen LogP contribution is 2.30. The second-order valence-corrected chi connectivity index (χ2v) is 6.87. The number of hydrogen-bond donors (Lipinski definition) is 0. The zero-order chi connectivity index (χ0) is 18.6. The summed E-state index contributed by atoms with van der Waals surface area (Å²) in [5.74, 6) is 1.66. The van der Waals surface area contributed by atoms with E-state index >= 15 is 0 Å². The largest absolute Gasteiger partial charge is 0.497 e. The molecular weight excluding hydrogens is 457 g/mol. The van der Waals surface area contributed by atoms with E-state index in [1.54, 1.807) is 44.4 Å². The van der Waals surface area contributed by atoms with Crippen molar-refractivity contribution in [1.29, 1.82) is 0 Å². The molecule has 0 heterocycles. The van der Waals surface area contributed by atoms with Crippen molar-refractivity contribution in [2.24, 2.45) is 0 Å². The maximum Gasteiger partial charge on any atom is 0.257 e. The molecule has 0 N–H and O–H groups in total. The van der Waals surface area contributed by atoms with E-state index in [1.165, 1.54) is 7.11 Å². The van der Waals surface area contributed by atoms with E-state index in [-0.39, 0.29) is 5.91 Å². The van der Waals surface area contributed by atoms with Crippen LogP contribution in [0.15, 0.2) is 30.3 Å². The minimum Gasteiger partial charge on any atom is -0.497 e. The van der Waals surface area contributed by atoms with Gasteiger partial charge in [-0.15, -0.1) is 0 Å². The minimum absolute atomic E-state index is 0.187. The Morgan fingerprint density at radius 1 is 1.08 bits per heavy atom. The lowest BCUT2D eigenvalue weighted by Gasteiger charge is -2.21. The summed E-state index contributed by atoms with van der Waals surface area (Å²) >= 11 is 8.27. The molecule has 2 rings (SSSR count). The summed E-state index contributed by atoms with van der Waals surface area (Å²) in [6, 6.07) is 8.87. The third-order valence-electron chi connectivity index (χ3n) is 3.72. The molecule has 0 spiro atoms. The molecule has 1 amide bonds. The number of benzene rings is 2.